The first kappa shape index (κ1) is 16.5. The predicted octanol–water partition coefficient (Wildman–Crippen LogP) is 4.82. The lowest BCUT2D eigenvalue weighted by Gasteiger charge is -2.17. The monoisotopic (exact) mass is 367 g/mol. The molecule has 0 saturated carbocycles. The van der Waals surface area contributed by atoms with Gasteiger partial charge in [0.1, 0.15) is 5.82 Å². The molecule has 112 valence electrons. The molecule has 0 amide bonds. The molecular formula is C17H19BrFNS. The molecule has 0 saturated heterocycles. The zero-order chi connectivity index (χ0) is 15.2. The van der Waals surface area contributed by atoms with Gasteiger partial charge in [-0.1, -0.05) is 34.1 Å². The minimum atomic E-state index is -0.194. The van der Waals surface area contributed by atoms with Gasteiger partial charge in [-0.25, -0.2) is 4.39 Å². The summed E-state index contributed by atoms with van der Waals surface area (Å²) in [5.74, 6) is 0.760. The molecule has 0 aromatic heterocycles. The molecule has 1 nitrogen and oxygen atoms in total. The molecule has 2 rings (SSSR count). The highest BCUT2D eigenvalue weighted by molar-refractivity contribution is 9.10. The Morgan fingerprint density at radius 3 is 2.67 bits per heavy atom. The number of benzene rings is 2. The highest BCUT2D eigenvalue weighted by atomic mass is 79.9. The van der Waals surface area contributed by atoms with Crippen LogP contribution in [0.5, 0.6) is 0 Å². The van der Waals surface area contributed by atoms with Crippen LogP contribution in [0, 0.1) is 12.7 Å². The maximum atomic E-state index is 13.4. The van der Waals surface area contributed by atoms with Crippen molar-refractivity contribution in [3.63, 3.8) is 0 Å². The Kier molecular flexibility index (Phi) is 6.27. The van der Waals surface area contributed by atoms with Gasteiger partial charge in [-0.15, -0.1) is 11.8 Å². The largest absolute Gasteiger partial charge is 0.316 e. The third kappa shape index (κ3) is 5.13. The van der Waals surface area contributed by atoms with Crippen molar-refractivity contribution < 1.29 is 4.39 Å². The summed E-state index contributed by atoms with van der Waals surface area (Å²) in [7, 11) is 1.96. The average Bonchev–Trinajstić information content (AvgIpc) is 2.44. The minimum absolute atomic E-state index is 0.194. The van der Waals surface area contributed by atoms with E-state index in [1.807, 2.05) is 24.9 Å². The molecule has 0 bridgehead atoms. The quantitative estimate of drug-likeness (QED) is 0.734. The first-order valence-corrected chi connectivity index (χ1v) is 8.67. The molecule has 0 aliphatic heterocycles. The molecule has 1 unspecified atom stereocenters. The summed E-state index contributed by atoms with van der Waals surface area (Å²) in [5, 5.41) is 3.32. The normalized spacial score (nSPS) is 12.4. The van der Waals surface area contributed by atoms with Gasteiger partial charge < -0.3 is 5.32 Å². The molecule has 0 spiro atoms. The van der Waals surface area contributed by atoms with Crippen LogP contribution in [-0.4, -0.2) is 18.8 Å². The summed E-state index contributed by atoms with van der Waals surface area (Å²) in [6.45, 7) is 2.13. The Morgan fingerprint density at radius 1 is 1.24 bits per heavy atom. The fourth-order valence-corrected chi connectivity index (χ4v) is 3.81. The number of hydrogen-bond donors (Lipinski definition) is 1. The second kappa shape index (κ2) is 7.97. The molecule has 0 aliphatic rings. The van der Waals surface area contributed by atoms with Gasteiger partial charge in [-0.3, -0.25) is 0 Å². The van der Waals surface area contributed by atoms with Crippen molar-refractivity contribution in [2.75, 3.05) is 12.8 Å². The van der Waals surface area contributed by atoms with Crippen molar-refractivity contribution in [1.29, 1.82) is 0 Å². The summed E-state index contributed by atoms with van der Waals surface area (Å²) in [6.07, 6.45) is 0.811. The van der Waals surface area contributed by atoms with E-state index < -0.39 is 0 Å². The fourth-order valence-electron chi connectivity index (χ4n) is 2.17. The second-order valence-electron chi connectivity index (χ2n) is 5.04. The van der Waals surface area contributed by atoms with E-state index >= 15 is 0 Å². The molecule has 0 heterocycles. The zero-order valence-electron chi connectivity index (χ0n) is 12.2. The van der Waals surface area contributed by atoms with Gasteiger partial charge >= 0.3 is 0 Å². The molecule has 2 aromatic carbocycles. The third-order valence-electron chi connectivity index (χ3n) is 3.35. The van der Waals surface area contributed by atoms with Gasteiger partial charge in [0.25, 0.3) is 0 Å². The van der Waals surface area contributed by atoms with E-state index in [-0.39, 0.29) is 5.82 Å². The van der Waals surface area contributed by atoms with Crippen molar-refractivity contribution in [3.05, 3.63) is 63.9 Å². The van der Waals surface area contributed by atoms with Crippen LogP contribution in [0.1, 0.15) is 11.1 Å². The molecule has 4 heteroatoms. The van der Waals surface area contributed by atoms with Crippen molar-refractivity contribution in [2.45, 2.75) is 24.3 Å². The smallest absolute Gasteiger partial charge is 0.124 e. The molecule has 0 radical (unpaired) electrons. The van der Waals surface area contributed by atoms with Crippen molar-refractivity contribution in [2.24, 2.45) is 0 Å². The van der Waals surface area contributed by atoms with Gasteiger partial charge in [0, 0.05) is 21.2 Å². The Hall–Kier alpha value is -0.840. The van der Waals surface area contributed by atoms with Gasteiger partial charge in [0.15, 0.2) is 0 Å². The summed E-state index contributed by atoms with van der Waals surface area (Å²) in [5.41, 5.74) is 2.30. The van der Waals surface area contributed by atoms with Crippen molar-refractivity contribution in [1.82, 2.24) is 5.32 Å². The van der Waals surface area contributed by atoms with Crippen LogP contribution in [0.15, 0.2) is 51.8 Å². The number of likely N-dealkylation sites (N-methyl/N-ethyl adjacent to an activating group) is 1. The summed E-state index contributed by atoms with van der Waals surface area (Å²) < 4.78 is 14.2. The molecule has 2 aromatic rings. The Morgan fingerprint density at radius 2 is 2.00 bits per heavy atom. The summed E-state index contributed by atoms with van der Waals surface area (Å²) in [4.78, 5) is 1.30. The lowest BCUT2D eigenvalue weighted by molar-refractivity contribution is 0.602. The maximum absolute atomic E-state index is 13.4. The molecule has 0 fully saturated rings. The van der Waals surface area contributed by atoms with Crippen LogP contribution in [0.3, 0.4) is 0 Å². The zero-order valence-corrected chi connectivity index (χ0v) is 14.6. The van der Waals surface area contributed by atoms with Crippen LogP contribution in [-0.2, 0) is 6.42 Å². The van der Waals surface area contributed by atoms with E-state index in [0.29, 0.717) is 6.04 Å². The minimum Gasteiger partial charge on any atom is -0.316 e. The lowest BCUT2D eigenvalue weighted by atomic mass is 10.1. The summed E-state index contributed by atoms with van der Waals surface area (Å²) >= 11 is 5.18. The van der Waals surface area contributed by atoms with E-state index in [1.165, 1.54) is 16.5 Å². The second-order valence-corrected chi connectivity index (χ2v) is 7.02. The maximum Gasteiger partial charge on any atom is 0.124 e. The SMILES string of the molecule is CNC(CSc1ccccc1C)Cc1cc(F)cc(Br)c1. The van der Waals surface area contributed by atoms with Gasteiger partial charge in [-0.2, -0.15) is 0 Å². The van der Waals surface area contributed by atoms with Crippen LogP contribution in [0.4, 0.5) is 4.39 Å². The average molecular weight is 368 g/mol. The molecule has 21 heavy (non-hydrogen) atoms. The van der Waals surface area contributed by atoms with E-state index in [9.17, 15) is 4.39 Å². The standard InChI is InChI=1S/C17H19BrFNS/c1-12-5-3-4-6-17(12)21-11-16(20-2)9-13-7-14(18)10-15(19)8-13/h3-8,10,16,20H,9,11H2,1-2H3. The fraction of sp³-hybridized carbons (Fsp3) is 0.294. The van der Waals surface area contributed by atoms with E-state index in [1.54, 1.807) is 6.07 Å². The Labute approximate surface area is 138 Å². The molecular weight excluding hydrogens is 349 g/mol. The molecule has 1 atom stereocenters. The van der Waals surface area contributed by atoms with Gasteiger partial charge in [0.2, 0.25) is 0 Å². The first-order chi connectivity index (χ1) is 10.1. The third-order valence-corrected chi connectivity index (χ3v) is 5.14. The topological polar surface area (TPSA) is 12.0 Å². The number of aryl methyl sites for hydroxylation is 1. The Balaban J connectivity index is 1.98. The molecule has 0 aliphatic carbocycles. The number of hydrogen-bond acceptors (Lipinski definition) is 2. The van der Waals surface area contributed by atoms with Crippen LogP contribution >= 0.6 is 27.7 Å². The lowest BCUT2D eigenvalue weighted by Crippen LogP contribution is -2.30. The highest BCUT2D eigenvalue weighted by Crippen LogP contribution is 2.24. The summed E-state index contributed by atoms with van der Waals surface area (Å²) in [6, 6.07) is 13.8. The number of thioether (sulfide) groups is 1. The van der Waals surface area contributed by atoms with E-state index in [0.717, 1.165) is 22.2 Å². The van der Waals surface area contributed by atoms with Crippen LogP contribution < -0.4 is 5.32 Å². The highest BCUT2D eigenvalue weighted by Gasteiger charge is 2.10. The van der Waals surface area contributed by atoms with Crippen molar-refractivity contribution in [3.8, 4) is 0 Å². The van der Waals surface area contributed by atoms with Gasteiger partial charge in [0.05, 0.1) is 0 Å². The molecule has 1 N–H and O–H groups in total. The van der Waals surface area contributed by atoms with Gasteiger partial charge in [-0.05, 0) is 55.8 Å². The van der Waals surface area contributed by atoms with E-state index in [2.05, 4.69) is 52.4 Å². The first-order valence-electron chi connectivity index (χ1n) is 6.89. The Bertz CT molecular complexity index is 583. The van der Waals surface area contributed by atoms with Crippen LogP contribution in [0.25, 0.3) is 0 Å². The van der Waals surface area contributed by atoms with E-state index in [4.69, 9.17) is 0 Å². The van der Waals surface area contributed by atoms with Crippen molar-refractivity contribution >= 4 is 27.7 Å². The predicted molar refractivity (Wildman–Crippen MR) is 92.6 cm³/mol. The number of halogens is 2. The number of rotatable bonds is 6. The number of nitrogens with one attached hydrogen (secondary N) is 1. The van der Waals surface area contributed by atoms with Crippen LogP contribution in [0.2, 0.25) is 0 Å².